The van der Waals surface area contributed by atoms with E-state index in [9.17, 15) is 4.79 Å². The van der Waals surface area contributed by atoms with Crippen LogP contribution < -0.4 is 0 Å². The molecule has 5 heteroatoms. The standard InChI is InChI=1S/C16H13N3O2/c20-16(21)12-5-6-14-17-18-15(19(14)9-12)13-7-10-3-1-2-4-11(10)8-13/h1-6,9,13H,7-8H2,(H,20,21). The molecule has 0 spiro atoms. The summed E-state index contributed by atoms with van der Waals surface area (Å²) < 4.78 is 1.81. The van der Waals surface area contributed by atoms with Crippen molar-refractivity contribution in [1.82, 2.24) is 14.6 Å². The van der Waals surface area contributed by atoms with E-state index in [1.165, 1.54) is 11.1 Å². The van der Waals surface area contributed by atoms with Crippen LogP contribution in [0.5, 0.6) is 0 Å². The number of nitrogens with zero attached hydrogens (tertiary/aromatic N) is 3. The molecule has 3 aromatic rings. The van der Waals surface area contributed by atoms with E-state index in [-0.39, 0.29) is 11.5 Å². The van der Waals surface area contributed by atoms with Gasteiger partial charge in [-0.2, -0.15) is 0 Å². The fourth-order valence-corrected chi connectivity index (χ4v) is 3.05. The highest BCUT2D eigenvalue weighted by Crippen LogP contribution is 2.33. The maximum absolute atomic E-state index is 11.1. The van der Waals surface area contributed by atoms with E-state index < -0.39 is 5.97 Å². The van der Waals surface area contributed by atoms with Crippen LogP contribution in [0, 0.1) is 0 Å². The Balaban J connectivity index is 1.78. The average Bonchev–Trinajstić information content (AvgIpc) is 3.09. The fourth-order valence-electron chi connectivity index (χ4n) is 3.05. The van der Waals surface area contributed by atoms with Crippen LogP contribution >= 0.6 is 0 Å². The predicted molar refractivity (Wildman–Crippen MR) is 76.5 cm³/mol. The van der Waals surface area contributed by atoms with Gasteiger partial charge in [-0.1, -0.05) is 24.3 Å². The highest BCUT2D eigenvalue weighted by molar-refractivity contribution is 5.87. The number of benzene rings is 1. The largest absolute Gasteiger partial charge is 0.478 e. The van der Waals surface area contributed by atoms with E-state index in [2.05, 4.69) is 22.3 Å². The van der Waals surface area contributed by atoms with Crippen LogP contribution in [0.1, 0.15) is 33.2 Å². The van der Waals surface area contributed by atoms with Crippen LogP contribution in [0.15, 0.2) is 42.6 Å². The van der Waals surface area contributed by atoms with E-state index >= 15 is 0 Å². The average molecular weight is 279 g/mol. The summed E-state index contributed by atoms with van der Waals surface area (Å²) in [4.78, 5) is 11.1. The molecule has 2 aromatic heterocycles. The Morgan fingerprint density at radius 3 is 2.48 bits per heavy atom. The predicted octanol–water partition coefficient (Wildman–Crippen LogP) is 2.31. The molecule has 0 unspecified atom stereocenters. The van der Waals surface area contributed by atoms with Gasteiger partial charge in [-0.15, -0.1) is 10.2 Å². The molecule has 0 aliphatic heterocycles. The summed E-state index contributed by atoms with van der Waals surface area (Å²) in [6.45, 7) is 0. The van der Waals surface area contributed by atoms with Crippen molar-refractivity contribution in [3.05, 3.63) is 65.1 Å². The third-order valence-electron chi connectivity index (χ3n) is 4.09. The topological polar surface area (TPSA) is 67.5 Å². The lowest BCUT2D eigenvalue weighted by molar-refractivity contribution is 0.0696. The van der Waals surface area contributed by atoms with E-state index in [0.717, 1.165) is 18.7 Å². The number of hydrogen-bond acceptors (Lipinski definition) is 3. The normalized spacial score (nSPS) is 14.5. The lowest BCUT2D eigenvalue weighted by Crippen LogP contribution is -2.06. The van der Waals surface area contributed by atoms with Crippen LogP contribution in [0.4, 0.5) is 0 Å². The third-order valence-corrected chi connectivity index (χ3v) is 4.09. The van der Waals surface area contributed by atoms with Gasteiger partial charge in [0.25, 0.3) is 0 Å². The highest BCUT2D eigenvalue weighted by atomic mass is 16.4. The highest BCUT2D eigenvalue weighted by Gasteiger charge is 2.26. The summed E-state index contributed by atoms with van der Waals surface area (Å²) in [5, 5.41) is 17.6. The Morgan fingerprint density at radius 1 is 1.10 bits per heavy atom. The molecule has 0 fully saturated rings. The molecule has 0 saturated carbocycles. The van der Waals surface area contributed by atoms with Crippen LogP contribution in [0.25, 0.3) is 5.65 Å². The number of carbonyl (C=O) groups is 1. The molecule has 21 heavy (non-hydrogen) atoms. The molecule has 4 rings (SSSR count). The van der Waals surface area contributed by atoms with Crippen LogP contribution in [0.2, 0.25) is 0 Å². The maximum atomic E-state index is 11.1. The molecule has 0 amide bonds. The molecule has 1 aromatic carbocycles. The Hall–Kier alpha value is -2.69. The lowest BCUT2D eigenvalue weighted by atomic mass is 10.1. The Kier molecular flexibility index (Phi) is 2.54. The Bertz CT molecular complexity index is 829. The monoisotopic (exact) mass is 279 g/mol. The van der Waals surface area contributed by atoms with Gasteiger partial charge in [-0.05, 0) is 36.1 Å². The van der Waals surface area contributed by atoms with E-state index in [1.54, 1.807) is 22.7 Å². The number of fused-ring (bicyclic) bond motifs is 2. The van der Waals surface area contributed by atoms with Crippen molar-refractivity contribution in [3.63, 3.8) is 0 Å². The van der Waals surface area contributed by atoms with Gasteiger partial charge < -0.3 is 5.11 Å². The smallest absolute Gasteiger partial charge is 0.337 e. The van der Waals surface area contributed by atoms with E-state index in [1.807, 2.05) is 12.1 Å². The van der Waals surface area contributed by atoms with Gasteiger partial charge in [0.15, 0.2) is 5.65 Å². The van der Waals surface area contributed by atoms with Gasteiger partial charge in [0, 0.05) is 12.1 Å². The lowest BCUT2D eigenvalue weighted by Gasteiger charge is -2.07. The minimum atomic E-state index is -0.939. The number of hydrogen-bond donors (Lipinski definition) is 1. The zero-order valence-corrected chi connectivity index (χ0v) is 11.2. The van der Waals surface area contributed by atoms with Gasteiger partial charge >= 0.3 is 5.97 Å². The summed E-state index contributed by atoms with van der Waals surface area (Å²) in [5.41, 5.74) is 3.62. The van der Waals surface area contributed by atoms with Crippen molar-refractivity contribution < 1.29 is 9.90 Å². The van der Waals surface area contributed by atoms with Gasteiger partial charge in [0.2, 0.25) is 0 Å². The Morgan fingerprint density at radius 2 is 1.81 bits per heavy atom. The van der Waals surface area contributed by atoms with Crippen molar-refractivity contribution >= 4 is 11.6 Å². The first-order valence-electron chi connectivity index (χ1n) is 6.87. The molecule has 0 radical (unpaired) electrons. The van der Waals surface area contributed by atoms with Crippen molar-refractivity contribution in [2.75, 3.05) is 0 Å². The Labute approximate surface area is 120 Å². The van der Waals surface area contributed by atoms with E-state index in [0.29, 0.717) is 5.65 Å². The summed E-state index contributed by atoms with van der Waals surface area (Å²) >= 11 is 0. The third kappa shape index (κ3) is 1.89. The summed E-state index contributed by atoms with van der Waals surface area (Å²) in [5.74, 6) is 0.150. The van der Waals surface area contributed by atoms with Crippen molar-refractivity contribution in [3.8, 4) is 0 Å². The number of pyridine rings is 1. The number of aromatic carboxylic acids is 1. The molecule has 5 nitrogen and oxygen atoms in total. The molecular formula is C16H13N3O2. The number of rotatable bonds is 2. The second-order valence-corrected chi connectivity index (χ2v) is 5.38. The summed E-state index contributed by atoms with van der Waals surface area (Å²) in [6.07, 6.45) is 3.46. The quantitative estimate of drug-likeness (QED) is 0.781. The number of aromatic nitrogens is 3. The van der Waals surface area contributed by atoms with Crippen LogP contribution in [-0.2, 0) is 12.8 Å². The number of carboxylic acid groups (broad SMARTS) is 1. The molecule has 2 heterocycles. The minimum absolute atomic E-state index is 0.249. The first-order valence-corrected chi connectivity index (χ1v) is 6.87. The summed E-state index contributed by atoms with van der Waals surface area (Å²) in [6, 6.07) is 11.6. The second-order valence-electron chi connectivity index (χ2n) is 5.38. The SMILES string of the molecule is O=C(O)c1ccc2nnc(C3Cc4ccccc4C3)n2c1. The van der Waals surface area contributed by atoms with Crippen molar-refractivity contribution in [1.29, 1.82) is 0 Å². The molecule has 1 aliphatic rings. The zero-order chi connectivity index (χ0) is 14.4. The molecule has 0 atom stereocenters. The molecule has 0 bridgehead atoms. The first-order chi connectivity index (χ1) is 10.2. The van der Waals surface area contributed by atoms with Crippen molar-refractivity contribution in [2.45, 2.75) is 18.8 Å². The van der Waals surface area contributed by atoms with Crippen LogP contribution in [0.3, 0.4) is 0 Å². The summed E-state index contributed by atoms with van der Waals surface area (Å²) in [7, 11) is 0. The minimum Gasteiger partial charge on any atom is -0.478 e. The van der Waals surface area contributed by atoms with E-state index in [4.69, 9.17) is 5.11 Å². The van der Waals surface area contributed by atoms with Gasteiger partial charge in [-0.3, -0.25) is 4.40 Å². The fraction of sp³-hybridized carbons (Fsp3) is 0.188. The molecule has 104 valence electrons. The maximum Gasteiger partial charge on any atom is 0.337 e. The zero-order valence-electron chi connectivity index (χ0n) is 11.2. The molecular weight excluding hydrogens is 266 g/mol. The van der Waals surface area contributed by atoms with Gasteiger partial charge in [0.1, 0.15) is 5.82 Å². The second kappa shape index (κ2) is 4.41. The number of carboxylic acids is 1. The van der Waals surface area contributed by atoms with Crippen LogP contribution in [-0.4, -0.2) is 25.7 Å². The van der Waals surface area contributed by atoms with Gasteiger partial charge in [-0.25, -0.2) is 4.79 Å². The molecule has 1 aliphatic carbocycles. The molecule has 1 N–H and O–H groups in total. The van der Waals surface area contributed by atoms with Gasteiger partial charge in [0.05, 0.1) is 5.56 Å². The van der Waals surface area contributed by atoms with Crippen molar-refractivity contribution in [2.24, 2.45) is 0 Å². The molecule has 0 saturated heterocycles. The first kappa shape index (κ1) is 12.1.